The van der Waals surface area contributed by atoms with Crippen LogP contribution in [0, 0.1) is 0 Å². The fourth-order valence-corrected chi connectivity index (χ4v) is 4.89. The van der Waals surface area contributed by atoms with E-state index in [-0.39, 0.29) is 16.3 Å². The monoisotopic (exact) mass is 354 g/mol. The van der Waals surface area contributed by atoms with Gasteiger partial charge < -0.3 is 14.8 Å². The number of amides is 1. The molecule has 24 heavy (non-hydrogen) atoms. The van der Waals surface area contributed by atoms with E-state index in [9.17, 15) is 13.2 Å². The van der Waals surface area contributed by atoms with Gasteiger partial charge in [-0.05, 0) is 31.4 Å². The Morgan fingerprint density at radius 3 is 2.29 bits per heavy atom. The van der Waals surface area contributed by atoms with Crippen molar-refractivity contribution in [1.29, 1.82) is 0 Å². The quantitative estimate of drug-likeness (QED) is 0.876. The summed E-state index contributed by atoms with van der Waals surface area (Å²) in [6.07, 6.45) is 2.61. The fourth-order valence-electron chi connectivity index (χ4n) is 3.43. The maximum atomic E-state index is 12.9. The third-order valence-corrected chi connectivity index (χ3v) is 6.80. The van der Waals surface area contributed by atoms with Crippen molar-refractivity contribution in [2.75, 3.05) is 27.3 Å². The molecule has 132 valence electrons. The van der Waals surface area contributed by atoms with Crippen LogP contribution in [-0.4, -0.2) is 51.5 Å². The lowest BCUT2D eigenvalue weighted by molar-refractivity contribution is -0.120. The molecule has 0 unspecified atom stereocenters. The molecule has 1 aromatic rings. The van der Waals surface area contributed by atoms with Gasteiger partial charge in [-0.3, -0.25) is 4.79 Å². The van der Waals surface area contributed by atoms with Crippen LogP contribution in [0.25, 0.3) is 0 Å². The van der Waals surface area contributed by atoms with Crippen LogP contribution in [-0.2, 0) is 14.8 Å². The highest BCUT2D eigenvalue weighted by atomic mass is 32.2. The number of sulfonamides is 1. The molecule has 3 rings (SSSR count). The van der Waals surface area contributed by atoms with Crippen molar-refractivity contribution in [2.45, 2.75) is 36.1 Å². The predicted molar refractivity (Wildman–Crippen MR) is 87.6 cm³/mol. The van der Waals surface area contributed by atoms with Crippen LogP contribution in [0.2, 0.25) is 0 Å². The first kappa shape index (κ1) is 17.0. The van der Waals surface area contributed by atoms with E-state index < -0.39 is 10.0 Å². The van der Waals surface area contributed by atoms with Crippen LogP contribution in [0.4, 0.5) is 0 Å². The zero-order valence-electron chi connectivity index (χ0n) is 13.9. The summed E-state index contributed by atoms with van der Waals surface area (Å²) in [6.45, 7) is 0.800. The van der Waals surface area contributed by atoms with E-state index in [1.807, 2.05) is 0 Å². The highest BCUT2D eigenvalue weighted by Gasteiger charge is 2.42. The van der Waals surface area contributed by atoms with Gasteiger partial charge in [0.2, 0.25) is 15.9 Å². The summed E-state index contributed by atoms with van der Waals surface area (Å²) < 4.78 is 37.5. The molecule has 7 nitrogen and oxygen atoms in total. The number of hydrogen-bond donors (Lipinski definition) is 1. The first-order valence-corrected chi connectivity index (χ1v) is 9.37. The second-order valence-electron chi connectivity index (χ2n) is 6.25. The second kappa shape index (κ2) is 6.25. The number of nitrogens with one attached hydrogen (secondary N) is 1. The third kappa shape index (κ3) is 2.95. The molecule has 1 aromatic carbocycles. The lowest BCUT2D eigenvalue weighted by Gasteiger charge is -2.38. The van der Waals surface area contributed by atoms with Crippen molar-refractivity contribution in [1.82, 2.24) is 9.62 Å². The number of hydrogen-bond acceptors (Lipinski definition) is 5. The van der Waals surface area contributed by atoms with E-state index in [4.69, 9.17) is 9.47 Å². The summed E-state index contributed by atoms with van der Waals surface area (Å²) >= 11 is 0. The number of piperidine rings is 1. The zero-order valence-corrected chi connectivity index (χ0v) is 14.7. The number of methoxy groups -OCH3 is 2. The van der Waals surface area contributed by atoms with Gasteiger partial charge in [-0.2, -0.15) is 4.31 Å². The molecule has 2 aliphatic rings. The van der Waals surface area contributed by atoms with Crippen molar-refractivity contribution in [3.8, 4) is 11.5 Å². The number of rotatable bonds is 4. The van der Waals surface area contributed by atoms with Crippen molar-refractivity contribution >= 4 is 15.9 Å². The average molecular weight is 354 g/mol. The average Bonchev–Trinajstić information content (AvgIpc) is 2.94. The molecule has 8 heteroatoms. The molecule has 1 spiro atoms. The summed E-state index contributed by atoms with van der Waals surface area (Å²) in [5.41, 5.74) is -0.222. The second-order valence-corrected chi connectivity index (χ2v) is 8.19. The van der Waals surface area contributed by atoms with Crippen molar-refractivity contribution in [2.24, 2.45) is 0 Å². The minimum absolute atomic E-state index is 0.0613. The Bertz CT molecular complexity index is 739. The molecule has 1 N–H and O–H groups in total. The molecule has 0 atom stereocenters. The highest BCUT2D eigenvalue weighted by molar-refractivity contribution is 7.89. The summed E-state index contributed by atoms with van der Waals surface area (Å²) in [5.74, 6) is 0.934. The normalized spacial score (nSPS) is 20.8. The van der Waals surface area contributed by atoms with Crippen LogP contribution in [0.15, 0.2) is 23.1 Å². The summed E-state index contributed by atoms with van der Waals surface area (Å²) in [7, 11) is -0.614. The lowest BCUT2D eigenvalue weighted by atomic mass is 9.87. The van der Waals surface area contributed by atoms with Gasteiger partial charge in [-0.15, -0.1) is 0 Å². The lowest BCUT2D eigenvalue weighted by Crippen LogP contribution is -2.52. The van der Waals surface area contributed by atoms with E-state index in [2.05, 4.69) is 5.32 Å². The SMILES string of the molecule is COc1ccc(S(=O)(=O)N2CCC3(CCC(=O)N3)CC2)cc1OC. The number of benzene rings is 1. The molecule has 2 heterocycles. The first-order chi connectivity index (χ1) is 11.4. The molecule has 0 bridgehead atoms. The number of nitrogens with zero attached hydrogens (tertiary/aromatic N) is 1. The predicted octanol–water partition coefficient (Wildman–Crippen LogP) is 1.14. The van der Waals surface area contributed by atoms with Gasteiger partial charge in [0.25, 0.3) is 0 Å². The summed E-state index contributed by atoms with van der Waals surface area (Å²) in [5, 5.41) is 3.02. The largest absolute Gasteiger partial charge is 0.493 e. The molecular formula is C16H22N2O5S. The molecule has 1 amide bonds. The molecule has 0 saturated carbocycles. The maximum Gasteiger partial charge on any atom is 0.243 e. The Morgan fingerprint density at radius 2 is 1.75 bits per heavy atom. The Kier molecular flexibility index (Phi) is 4.44. The molecule has 0 radical (unpaired) electrons. The minimum Gasteiger partial charge on any atom is -0.493 e. The van der Waals surface area contributed by atoms with Crippen LogP contribution < -0.4 is 14.8 Å². The standard InChI is InChI=1S/C16H22N2O5S/c1-22-13-4-3-12(11-14(13)23-2)24(20,21)18-9-7-16(8-10-18)6-5-15(19)17-16/h3-4,11H,5-10H2,1-2H3,(H,17,19). The van der Waals surface area contributed by atoms with Crippen LogP contribution in [0.1, 0.15) is 25.7 Å². The van der Waals surface area contributed by atoms with Gasteiger partial charge in [0.05, 0.1) is 19.1 Å². The summed E-state index contributed by atoms with van der Waals surface area (Å²) in [6, 6.07) is 4.60. The molecule has 0 aromatic heterocycles. The van der Waals surface area contributed by atoms with Crippen LogP contribution >= 0.6 is 0 Å². The molecule has 2 aliphatic heterocycles. The van der Waals surface area contributed by atoms with Crippen molar-refractivity contribution in [3.05, 3.63) is 18.2 Å². The summed E-state index contributed by atoms with van der Waals surface area (Å²) in [4.78, 5) is 11.7. The van der Waals surface area contributed by atoms with E-state index >= 15 is 0 Å². The highest BCUT2D eigenvalue weighted by Crippen LogP contribution is 2.35. The Hall–Kier alpha value is -1.80. The maximum absolute atomic E-state index is 12.9. The Morgan fingerprint density at radius 1 is 1.08 bits per heavy atom. The zero-order chi connectivity index (χ0) is 17.4. The van der Waals surface area contributed by atoms with E-state index in [1.165, 1.54) is 30.7 Å². The number of ether oxygens (including phenoxy) is 2. The van der Waals surface area contributed by atoms with Gasteiger partial charge in [0.15, 0.2) is 11.5 Å². The number of carbonyl (C=O) groups excluding carboxylic acids is 1. The fraction of sp³-hybridized carbons (Fsp3) is 0.562. The Labute approximate surface area is 142 Å². The van der Waals surface area contributed by atoms with Crippen LogP contribution in [0.3, 0.4) is 0 Å². The molecule has 2 fully saturated rings. The van der Waals surface area contributed by atoms with E-state index in [0.717, 1.165) is 6.42 Å². The van der Waals surface area contributed by atoms with Gasteiger partial charge in [-0.1, -0.05) is 0 Å². The first-order valence-electron chi connectivity index (χ1n) is 7.93. The Balaban J connectivity index is 1.78. The third-order valence-electron chi connectivity index (χ3n) is 4.91. The van der Waals surface area contributed by atoms with E-state index in [0.29, 0.717) is 43.9 Å². The van der Waals surface area contributed by atoms with E-state index in [1.54, 1.807) is 6.07 Å². The topological polar surface area (TPSA) is 84.9 Å². The molecule has 0 aliphatic carbocycles. The van der Waals surface area contributed by atoms with Gasteiger partial charge in [0, 0.05) is 31.1 Å². The van der Waals surface area contributed by atoms with Gasteiger partial charge in [0.1, 0.15) is 0 Å². The number of carbonyl (C=O) groups is 1. The molecular weight excluding hydrogens is 332 g/mol. The van der Waals surface area contributed by atoms with Crippen molar-refractivity contribution < 1.29 is 22.7 Å². The molecule has 2 saturated heterocycles. The van der Waals surface area contributed by atoms with Gasteiger partial charge in [-0.25, -0.2) is 8.42 Å². The van der Waals surface area contributed by atoms with Crippen molar-refractivity contribution in [3.63, 3.8) is 0 Å². The van der Waals surface area contributed by atoms with Gasteiger partial charge >= 0.3 is 0 Å². The minimum atomic E-state index is -3.59. The smallest absolute Gasteiger partial charge is 0.243 e. The van der Waals surface area contributed by atoms with Crippen LogP contribution in [0.5, 0.6) is 11.5 Å².